The number of carbonyl (C=O) groups excluding carboxylic acids is 1. The van der Waals surface area contributed by atoms with Crippen LogP contribution in [0.3, 0.4) is 0 Å². The van der Waals surface area contributed by atoms with E-state index in [-0.39, 0.29) is 17.3 Å². The molecule has 0 spiro atoms. The topological polar surface area (TPSA) is 108 Å². The number of β-amino-alcohol motifs (C(OH)–C–C–N with tert-alkyl or cyclic N) is 1. The number of rotatable bonds is 7. The quantitative estimate of drug-likeness (QED) is 0.560. The fourth-order valence-electron chi connectivity index (χ4n) is 2.54. The van der Waals surface area contributed by atoms with Gasteiger partial charge in [-0.15, -0.1) is 0 Å². The second-order valence-corrected chi connectivity index (χ2v) is 7.88. The maximum absolute atomic E-state index is 12.3. The molecular formula is C16H25N3O4S. The Morgan fingerprint density at radius 2 is 2.04 bits per heavy atom. The summed E-state index contributed by atoms with van der Waals surface area (Å²) in [6, 6.07) is 5.76. The van der Waals surface area contributed by atoms with Crippen molar-refractivity contribution in [1.82, 2.24) is 15.4 Å². The first-order valence-corrected chi connectivity index (χ1v) is 9.66. The number of hydrogen-bond donors (Lipinski definition) is 4. The van der Waals surface area contributed by atoms with E-state index >= 15 is 0 Å². The van der Waals surface area contributed by atoms with E-state index in [9.17, 15) is 18.3 Å². The standard InChI is InChI=1S/C16H25N3O4S/c1-2-9-18-15(20)13-4-6-14(7-5-13)24(22,23)19-12-16(21)8-3-10-17-11-16/h4-7,17,19,21H,2-3,8-12H2,1H3,(H,18,20). The van der Waals surface area contributed by atoms with Crippen molar-refractivity contribution < 1.29 is 18.3 Å². The summed E-state index contributed by atoms with van der Waals surface area (Å²) in [6.07, 6.45) is 2.19. The van der Waals surface area contributed by atoms with Gasteiger partial charge in [-0.05, 0) is 50.1 Å². The van der Waals surface area contributed by atoms with Crippen molar-refractivity contribution in [3.05, 3.63) is 29.8 Å². The van der Waals surface area contributed by atoms with E-state index < -0.39 is 15.6 Å². The minimum atomic E-state index is -3.73. The summed E-state index contributed by atoms with van der Waals surface area (Å²) in [7, 11) is -3.73. The fraction of sp³-hybridized carbons (Fsp3) is 0.562. The van der Waals surface area contributed by atoms with Crippen LogP contribution in [0.25, 0.3) is 0 Å². The molecule has 4 N–H and O–H groups in total. The molecule has 1 atom stereocenters. The number of sulfonamides is 1. The molecule has 134 valence electrons. The van der Waals surface area contributed by atoms with Crippen molar-refractivity contribution >= 4 is 15.9 Å². The summed E-state index contributed by atoms with van der Waals surface area (Å²) >= 11 is 0. The molecule has 1 amide bonds. The molecule has 1 aromatic rings. The van der Waals surface area contributed by atoms with Gasteiger partial charge in [0.2, 0.25) is 10.0 Å². The highest BCUT2D eigenvalue weighted by Gasteiger charge is 2.30. The molecule has 24 heavy (non-hydrogen) atoms. The third-order valence-corrected chi connectivity index (χ3v) is 5.42. The van der Waals surface area contributed by atoms with Crippen molar-refractivity contribution in [3.63, 3.8) is 0 Å². The van der Waals surface area contributed by atoms with Crippen LogP contribution in [0.1, 0.15) is 36.5 Å². The average Bonchev–Trinajstić information content (AvgIpc) is 2.59. The predicted molar refractivity (Wildman–Crippen MR) is 91.3 cm³/mol. The highest BCUT2D eigenvalue weighted by molar-refractivity contribution is 7.89. The van der Waals surface area contributed by atoms with Crippen molar-refractivity contribution in [1.29, 1.82) is 0 Å². The zero-order valence-corrected chi connectivity index (χ0v) is 14.7. The predicted octanol–water partition coefficient (Wildman–Crippen LogP) is 0.219. The van der Waals surface area contributed by atoms with Gasteiger partial charge in [-0.2, -0.15) is 0 Å². The lowest BCUT2D eigenvalue weighted by Gasteiger charge is -2.32. The van der Waals surface area contributed by atoms with E-state index in [1.54, 1.807) is 0 Å². The minimum absolute atomic E-state index is 0.0406. The lowest BCUT2D eigenvalue weighted by Crippen LogP contribution is -2.52. The van der Waals surface area contributed by atoms with Crippen molar-refractivity contribution in [3.8, 4) is 0 Å². The maximum Gasteiger partial charge on any atom is 0.251 e. The van der Waals surface area contributed by atoms with Gasteiger partial charge in [0.1, 0.15) is 0 Å². The second kappa shape index (κ2) is 8.06. The van der Waals surface area contributed by atoms with Crippen LogP contribution in [0.15, 0.2) is 29.2 Å². The molecule has 0 saturated carbocycles. The van der Waals surface area contributed by atoms with E-state index in [2.05, 4.69) is 15.4 Å². The molecule has 0 aromatic heterocycles. The largest absolute Gasteiger partial charge is 0.387 e. The highest BCUT2D eigenvalue weighted by atomic mass is 32.2. The zero-order chi connectivity index (χ0) is 17.6. The molecule has 2 rings (SSSR count). The molecule has 1 heterocycles. The summed E-state index contributed by atoms with van der Waals surface area (Å²) < 4.78 is 27.1. The number of hydrogen-bond acceptors (Lipinski definition) is 5. The van der Waals surface area contributed by atoms with Crippen molar-refractivity contribution in [2.45, 2.75) is 36.7 Å². The van der Waals surface area contributed by atoms with Crippen molar-refractivity contribution in [2.24, 2.45) is 0 Å². The molecule has 1 unspecified atom stereocenters. The van der Waals surface area contributed by atoms with Gasteiger partial charge in [-0.3, -0.25) is 4.79 Å². The average molecular weight is 355 g/mol. The lowest BCUT2D eigenvalue weighted by atomic mass is 9.95. The zero-order valence-electron chi connectivity index (χ0n) is 13.8. The van der Waals surface area contributed by atoms with E-state index in [1.807, 2.05) is 6.92 Å². The second-order valence-electron chi connectivity index (χ2n) is 6.11. The molecule has 0 aliphatic carbocycles. The van der Waals surface area contributed by atoms with Gasteiger partial charge in [0, 0.05) is 25.2 Å². The van der Waals surface area contributed by atoms with E-state index in [0.29, 0.717) is 25.1 Å². The molecule has 1 aliphatic rings. The minimum Gasteiger partial charge on any atom is -0.387 e. The first-order chi connectivity index (χ1) is 11.4. The Labute approximate surface area is 142 Å². The molecule has 1 saturated heterocycles. The summed E-state index contributed by atoms with van der Waals surface area (Å²) in [5, 5.41) is 16.1. The number of carbonyl (C=O) groups is 1. The summed E-state index contributed by atoms with van der Waals surface area (Å²) in [5.74, 6) is -0.226. The number of aliphatic hydroxyl groups is 1. The number of benzene rings is 1. The van der Waals surface area contributed by atoms with E-state index in [0.717, 1.165) is 19.4 Å². The molecule has 8 heteroatoms. The van der Waals surface area contributed by atoms with Gasteiger partial charge in [0.25, 0.3) is 5.91 Å². The van der Waals surface area contributed by atoms with Crippen LogP contribution in [0.2, 0.25) is 0 Å². The Bertz CT molecular complexity index is 652. The van der Waals surface area contributed by atoms with Crippen LogP contribution in [0, 0.1) is 0 Å². The van der Waals surface area contributed by atoms with Crippen LogP contribution in [-0.4, -0.2) is 51.2 Å². The summed E-state index contributed by atoms with van der Waals surface area (Å²) in [6.45, 7) is 3.69. The van der Waals surface area contributed by atoms with Crippen molar-refractivity contribution in [2.75, 3.05) is 26.2 Å². The van der Waals surface area contributed by atoms with E-state index in [1.165, 1.54) is 24.3 Å². The number of nitrogens with one attached hydrogen (secondary N) is 3. The third-order valence-electron chi connectivity index (χ3n) is 4.00. The van der Waals surface area contributed by atoms with Crippen LogP contribution < -0.4 is 15.4 Å². The third kappa shape index (κ3) is 5.01. The highest BCUT2D eigenvalue weighted by Crippen LogP contribution is 2.17. The SMILES string of the molecule is CCCNC(=O)c1ccc(S(=O)(=O)NCC2(O)CCCNC2)cc1. The molecule has 1 aliphatic heterocycles. The molecule has 0 radical (unpaired) electrons. The molecule has 7 nitrogen and oxygen atoms in total. The Balaban J connectivity index is 2.00. The molecule has 1 aromatic carbocycles. The fourth-order valence-corrected chi connectivity index (χ4v) is 3.66. The Hall–Kier alpha value is -1.48. The first kappa shape index (κ1) is 18.9. The van der Waals surface area contributed by atoms with Crippen LogP contribution in [0.5, 0.6) is 0 Å². The number of amides is 1. The molecular weight excluding hydrogens is 330 g/mol. The Morgan fingerprint density at radius 3 is 2.62 bits per heavy atom. The summed E-state index contributed by atoms with van der Waals surface area (Å²) in [5.41, 5.74) is -0.650. The first-order valence-electron chi connectivity index (χ1n) is 8.17. The molecule has 1 fully saturated rings. The summed E-state index contributed by atoms with van der Waals surface area (Å²) in [4.78, 5) is 11.9. The van der Waals surface area contributed by atoms with Crippen LogP contribution in [0.4, 0.5) is 0 Å². The smallest absolute Gasteiger partial charge is 0.251 e. The monoisotopic (exact) mass is 355 g/mol. The van der Waals surface area contributed by atoms with Gasteiger partial charge in [0.15, 0.2) is 0 Å². The lowest BCUT2D eigenvalue weighted by molar-refractivity contribution is 0.0218. The van der Waals surface area contributed by atoms with Gasteiger partial charge < -0.3 is 15.7 Å². The van der Waals surface area contributed by atoms with Gasteiger partial charge in [-0.1, -0.05) is 6.92 Å². The van der Waals surface area contributed by atoms with Crippen LogP contribution >= 0.6 is 0 Å². The van der Waals surface area contributed by atoms with Gasteiger partial charge in [0.05, 0.1) is 10.5 Å². The van der Waals surface area contributed by atoms with E-state index in [4.69, 9.17) is 0 Å². The Morgan fingerprint density at radius 1 is 1.33 bits per heavy atom. The maximum atomic E-state index is 12.3. The number of piperidine rings is 1. The van der Waals surface area contributed by atoms with Crippen LogP contribution in [-0.2, 0) is 10.0 Å². The Kier molecular flexibility index (Phi) is 6.34. The normalized spacial score (nSPS) is 21.4. The van der Waals surface area contributed by atoms with Gasteiger partial charge >= 0.3 is 0 Å². The molecule has 0 bridgehead atoms. The van der Waals surface area contributed by atoms with Gasteiger partial charge in [-0.25, -0.2) is 13.1 Å².